The smallest absolute Gasteiger partial charge is 0.124 e. The molecule has 0 bridgehead atoms. The lowest BCUT2D eigenvalue weighted by Crippen LogP contribution is -2.11. The maximum absolute atomic E-state index is 5.21. The van der Waals surface area contributed by atoms with Crippen molar-refractivity contribution < 1.29 is 9.57 Å². The van der Waals surface area contributed by atoms with Crippen LogP contribution in [-0.4, -0.2) is 26.1 Å². The van der Waals surface area contributed by atoms with Crippen molar-refractivity contribution in [3.8, 4) is 5.75 Å². The minimum atomic E-state index is 0.366. The van der Waals surface area contributed by atoms with E-state index >= 15 is 0 Å². The van der Waals surface area contributed by atoms with Crippen LogP contribution in [-0.2, 0) is 18.0 Å². The molecule has 0 atom stereocenters. The summed E-state index contributed by atoms with van der Waals surface area (Å²) in [7, 11) is 5.70. The van der Waals surface area contributed by atoms with E-state index in [-0.39, 0.29) is 0 Å². The largest absolute Gasteiger partial charge is 0.496 e. The molecule has 0 amide bonds. The van der Waals surface area contributed by atoms with E-state index in [4.69, 9.17) is 10.6 Å². The lowest BCUT2D eigenvalue weighted by molar-refractivity contribution is 0.122. The molecule has 0 radical (unpaired) electrons. The molecule has 0 unspecified atom stereocenters. The van der Waals surface area contributed by atoms with Crippen LogP contribution in [0.1, 0.15) is 11.1 Å². The number of rotatable bonds is 5. The Morgan fingerprint density at radius 1 is 1.33 bits per heavy atom. The molecule has 0 aromatic heterocycles. The minimum absolute atomic E-state index is 0.366. The van der Waals surface area contributed by atoms with E-state index in [2.05, 4.69) is 9.74 Å². The highest BCUT2D eigenvalue weighted by molar-refractivity contribution is 5.36. The lowest BCUT2D eigenvalue weighted by Gasteiger charge is -2.13. The molecule has 0 heterocycles. The van der Waals surface area contributed by atoms with Gasteiger partial charge in [-0.15, -0.1) is 0 Å². The first-order valence-electron chi connectivity index (χ1n) is 4.79. The lowest BCUT2D eigenvalue weighted by atomic mass is 10.1. The van der Waals surface area contributed by atoms with Crippen LogP contribution in [0.25, 0.3) is 0 Å². The Balaban J connectivity index is 2.88. The van der Waals surface area contributed by atoms with Gasteiger partial charge in [-0.1, -0.05) is 6.07 Å². The van der Waals surface area contributed by atoms with E-state index in [0.717, 1.165) is 17.9 Å². The maximum Gasteiger partial charge on any atom is 0.124 e. The molecule has 4 nitrogen and oxygen atoms in total. The summed E-state index contributed by atoms with van der Waals surface area (Å²) in [5, 5.41) is 0. The Morgan fingerprint density at radius 3 is 2.60 bits per heavy atom. The molecule has 2 N–H and O–H groups in total. The van der Waals surface area contributed by atoms with Crippen molar-refractivity contribution in [2.24, 2.45) is 5.90 Å². The van der Waals surface area contributed by atoms with E-state index in [0.29, 0.717) is 6.61 Å². The Hall–Kier alpha value is -1.10. The zero-order valence-corrected chi connectivity index (χ0v) is 9.49. The van der Waals surface area contributed by atoms with Gasteiger partial charge in [0.25, 0.3) is 0 Å². The third-order valence-corrected chi connectivity index (χ3v) is 2.08. The molecule has 1 aromatic carbocycles. The Labute approximate surface area is 90.5 Å². The van der Waals surface area contributed by atoms with E-state index in [1.54, 1.807) is 7.11 Å². The van der Waals surface area contributed by atoms with Crippen molar-refractivity contribution in [3.63, 3.8) is 0 Å². The zero-order chi connectivity index (χ0) is 11.3. The minimum Gasteiger partial charge on any atom is -0.496 e. The van der Waals surface area contributed by atoms with Gasteiger partial charge >= 0.3 is 0 Å². The summed E-state index contributed by atoms with van der Waals surface area (Å²) >= 11 is 0. The topological polar surface area (TPSA) is 47.7 Å². The van der Waals surface area contributed by atoms with Crippen molar-refractivity contribution in [3.05, 3.63) is 29.3 Å². The second kappa shape index (κ2) is 5.70. The van der Waals surface area contributed by atoms with Crippen LogP contribution in [0.5, 0.6) is 5.75 Å². The summed E-state index contributed by atoms with van der Waals surface area (Å²) < 4.78 is 5.21. The second-order valence-corrected chi connectivity index (χ2v) is 3.69. The summed E-state index contributed by atoms with van der Waals surface area (Å²) in [6, 6.07) is 6.03. The van der Waals surface area contributed by atoms with E-state index in [9.17, 15) is 0 Å². The molecule has 0 saturated carbocycles. The molecular weight excluding hydrogens is 192 g/mol. The maximum atomic E-state index is 5.21. The fourth-order valence-electron chi connectivity index (χ4n) is 1.50. The molecule has 0 spiro atoms. The zero-order valence-electron chi connectivity index (χ0n) is 9.49. The number of methoxy groups -OCH3 is 1. The quantitative estimate of drug-likeness (QED) is 0.740. The number of hydrogen-bond donors (Lipinski definition) is 1. The average molecular weight is 210 g/mol. The molecule has 0 aliphatic carbocycles. The number of nitrogens with two attached hydrogens (primary N) is 1. The van der Waals surface area contributed by atoms with Gasteiger partial charge in [0.05, 0.1) is 13.7 Å². The first kappa shape index (κ1) is 12.0. The van der Waals surface area contributed by atoms with Crippen molar-refractivity contribution >= 4 is 0 Å². The molecule has 0 fully saturated rings. The first-order chi connectivity index (χ1) is 7.17. The fraction of sp³-hybridized carbons (Fsp3) is 0.455. The van der Waals surface area contributed by atoms with Crippen molar-refractivity contribution in [1.29, 1.82) is 0 Å². The molecule has 84 valence electrons. The number of ether oxygens (including phenoxy) is 1. The van der Waals surface area contributed by atoms with Crippen LogP contribution >= 0.6 is 0 Å². The van der Waals surface area contributed by atoms with Crippen molar-refractivity contribution in [1.82, 2.24) is 4.90 Å². The molecule has 0 aliphatic rings. The summed E-state index contributed by atoms with van der Waals surface area (Å²) in [6.07, 6.45) is 0. The van der Waals surface area contributed by atoms with Gasteiger partial charge in [-0.05, 0) is 31.8 Å². The van der Waals surface area contributed by atoms with E-state index < -0.39 is 0 Å². The monoisotopic (exact) mass is 210 g/mol. The van der Waals surface area contributed by atoms with Crippen LogP contribution in [0, 0.1) is 0 Å². The van der Waals surface area contributed by atoms with Gasteiger partial charge in [-0.25, -0.2) is 5.90 Å². The van der Waals surface area contributed by atoms with E-state index in [1.165, 1.54) is 5.56 Å². The van der Waals surface area contributed by atoms with Gasteiger partial charge in [-0.3, -0.25) is 4.84 Å². The van der Waals surface area contributed by atoms with Crippen LogP contribution in [0.3, 0.4) is 0 Å². The molecular formula is C11H18N2O2. The normalized spacial score (nSPS) is 10.7. The predicted molar refractivity (Wildman–Crippen MR) is 59.4 cm³/mol. The third-order valence-electron chi connectivity index (χ3n) is 2.08. The molecule has 4 heteroatoms. The predicted octanol–water partition coefficient (Wildman–Crippen LogP) is 1.15. The fourth-order valence-corrected chi connectivity index (χ4v) is 1.50. The van der Waals surface area contributed by atoms with Gasteiger partial charge < -0.3 is 9.64 Å². The highest BCUT2D eigenvalue weighted by Gasteiger charge is 2.04. The van der Waals surface area contributed by atoms with Gasteiger partial charge in [-0.2, -0.15) is 0 Å². The standard InChI is InChI=1S/C11H18N2O2/c1-13(2)7-9-4-5-11(14-3)10(6-9)8-15-12/h4-6H,7-8,12H2,1-3H3. The molecule has 1 rings (SSSR count). The molecule has 1 aromatic rings. The van der Waals surface area contributed by atoms with Gasteiger partial charge in [0.1, 0.15) is 5.75 Å². The summed E-state index contributed by atoms with van der Waals surface area (Å²) in [5.41, 5.74) is 2.19. The Bertz CT molecular complexity index is 313. The number of hydrogen-bond acceptors (Lipinski definition) is 4. The highest BCUT2D eigenvalue weighted by Crippen LogP contribution is 2.20. The summed E-state index contributed by atoms with van der Waals surface area (Å²) in [4.78, 5) is 6.74. The second-order valence-electron chi connectivity index (χ2n) is 3.69. The van der Waals surface area contributed by atoms with Crippen molar-refractivity contribution in [2.45, 2.75) is 13.2 Å². The SMILES string of the molecule is COc1ccc(CN(C)C)cc1CON. The molecule has 15 heavy (non-hydrogen) atoms. The highest BCUT2D eigenvalue weighted by atomic mass is 16.6. The summed E-state index contributed by atoms with van der Waals surface area (Å²) in [5.74, 6) is 5.88. The van der Waals surface area contributed by atoms with Crippen LogP contribution in [0.4, 0.5) is 0 Å². The van der Waals surface area contributed by atoms with Crippen LogP contribution in [0.15, 0.2) is 18.2 Å². The van der Waals surface area contributed by atoms with Crippen molar-refractivity contribution in [2.75, 3.05) is 21.2 Å². The van der Waals surface area contributed by atoms with Crippen LogP contribution < -0.4 is 10.6 Å². The van der Waals surface area contributed by atoms with E-state index in [1.807, 2.05) is 32.3 Å². The van der Waals surface area contributed by atoms with Gasteiger partial charge in [0, 0.05) is 12.1 Å². The Kier molecular flexibility index (Phi) is 4.55. The summed E-state index contributed by atoms with van der Waals surface area (Å²) in [6.45, 7) is 1.26. The number of nitrogens with zero attached hydrogens (tertiary/aromatic N) is 1. The van der Waals surface area contributed by atoms with Gasteiger partial charge in [0.15, 0.2) is 0 Å². The third kappa shape index (κ3) is 3.51. The average Bonchev–Trinajstić information content (AvgIpc) is 2.18. The Morgan fingerprint density at radius 2 is 2.07 bits per heavy atom. The van der Waals surface area contributed by atoms with Gasteiger partial charge in [0.2, 0.25) is 0 Å². The first-order valence-corrected chi connectivity index (χ1v) is 4.79. The number of benzene rings is 1. The molecule has 0 aliphatic heterocycles. The van der Waals surface area contributed by atoms with Crippen LogP contribution in [0.2, 0.25) is 0 Å². The molecule has 0 saturated heterocycles.